The summed E-state index contributed by atoms with van der Waals surface area (Å²) >= 11 is 0. The Morgan fingerprint density at radius 2 is 2.00 bits per heavy atom. The molecular formula is C16H20FN3O. The lowest BCUT2D eigenvalue weighted by Gasteiger charge is -2.31. The molecule has 5 heteroatoms. The van der Waals surface area contributed by atoms with Crippen LogP contribution in [0, 0.1) is 12.7 Å². The van der Waals surface area contributed by atoms with Gasteiger partial charge in [-0.15, -0.1) is 0 Å². The number of benzene rings is 1. The molecule has 1 fully saturated rings. The van der Waals surface area contributed by atoms with E-state index in [-0.39, 0.29) is 11.9 Å². The lowest BCUT2D eigenvalue weighted by atomic mass is 10.1. The standard InChI is InChI=1S/C16H20FN3O/c1-12-18-10-14(19-12)11-20-8-6-16(7-9-20)21-15-4-2-13(17)3-5-15/h2-5,10,16H,6-9,11H2,1H3,(H,18,19). The van der Waals surface area contributed by atoms with Gasteiger partial charge >= 0.3 is 0 Å². The molecule has 112 valence electrons. The van der Waals surface area contributed by atoms with Crippen molar-refractivity contribution in [2.24, 2.45) is 0 Å². The second-order valence-electron chi connectivity index (χ2n) is 5.54. The predicted molar refractivity (Wildman–Crippen MR) is 78.7 cm³/mol. The molecule has 1 aliphatic heterocycles. The predicted octanol–water partition coefficient (Wildman–Crippen LogP) is 2.90. The van der Waals surface area contributed by atoms with Crippen LogP contribution in [0.25, 0.3) is 0 Å². The number of aromatic nitrogens is 2. The summed E-state index contributed by atoms with van der Waals surface area (Å²) in [6.45, 7) is 4.88. The van der Waals surface area contributed by atoms with Gasteiger partial charge in [0.05, 0.1) is 0 Å². The van der Waals surface area contributed by atoms with Crippen molar-refractivity contribution in [3.63, 3.8) is 0 Å². The molecule has 1 aromatic heterocycles. The van der Waals surface area contributed by atoms with Gasteiger partial charge in [-0.3, -0.25) is 4.90 Å². The number of hydrogen-bond donors (Lipinski definition) is 1. The number of halogens is 1. The average Bonchev–Trinajstić information content (AvgIpc) is 2.89. The number of likely N-dealkylation sites (tertiary alicyclic amines) is 1. The first kappa shape index (κ1) is 14.1. The van der Waals surface area contributed by atoms with Crippen LogP contribution in [0.4, 0.5) is 4.39 Å². The van der Waals surface area contributed by atoms with Gasteiger partial charge in [-0.25, -0.2) is 9.37 Å². The fourth-order valence-corrected chi connectivity index (χ4v) is 2.68. The maximum Gasteiger partial charge on any atom is 0.123 e. The Kier molecular flexibility index (Phi) is 4.20. The van der Waals surface area contributed by atoms with Gasteiger partial charge in [0, 0.05) is 31.5 Å². The van der Waals surface area contributed by atoms with Crippen LogP contribution in [0.1, 0.15) is 24.4 Å². The number of nitrogens with one attached hydrogen (secondary N) is 1. The molecule has 2 heterocycles. The number of imidazole rings is 1. The van der Waals surface area contributed by atoms with Crippen LogP contribution in [-0.4, -0.2) is 34.1 Å². The number of aryl methyl sites for hydroxylation is 1. The van der Waals surface area contributed by atoms with Crippen LogP contribution < -0.4 is 4.74 Å². The van der Waals surface area contributed by atoms with Gasteiger partial charge in [0.25, 0.3) is 0 Å². The van der Waals surface area contributed by atoms with Crippen molar-refractivity contribution in [3.05, 3.63) is 47.8 Å². The first-order valence-corrected chi connectivity index (χ1v) is 7.34. The zero-order valence-electron chi connectivity index (χ0n) is 12.2. The van der Waals surface area contributed by atoms with Crippen molar-refractivity contribution in [2.45, 2.75) is 32.4 Å². The summed E-state index contributed by atoms with van der Waals surface area (Å²) in [6, 6.07) is 6.25. The zero-order valence-corrected chi connectivity index (χ0v) is 12.2. The third-order valence-electron chi connectivity index (χ3n) is 3.80. The van der Waals surface area contributed by atoms with Gasteiger partial charge in [-0.05, 0) is 44.0 Å². The Morgan fingerprint density at radius 1 is 1.29 bits per heavy atom. The number of H-pyrrole nitrogens is 1. The van der Waals surface area contributed by atoms with Crippen LogP contribution in [-0.2, 0) is 6.54 Å². The van der Waals surface area contributed by atoms with Crippen LogP contribution in [0.15, 0.2) is 30.5 Å². The molecule has 1 saturated heterocycles. The Hall–Kier alpha value is -1.88. The summed E-state index contributed by atoms with van der Waals surface area (Å²) < 4.78 is 18.8. The van der Waals surface area contributed by atoms with E-state index in [0.29, 0.717) is 0 Å². The molecule has 0 radical (unpaired) electrons. The molecule has 4 nitrogen and oxygen atoms in total. The number of piperidine rings is 1. The summed E-state index contributed by atoms with van der Waals surface area (Å²) in [6.07, 6.45) is 4.10. The fraction of sp³-hybridized carbons (Fsp3) is 0.438. The summed E-state index contributed by atoms with van der Waals surface area (Å²) in [5, 5.41) is 0. The van der Waals surface area contributed by atoms with E-state index in [1.165, 1.54) is 12.1 Å². The smallest absolute Gasteiger partial charge is 0.123 e. The molecule has 0 amide bonds. The summed E-state index contributed by atoms with van der Waals surface area (Å²) in [4.78, 5) is 9.88. The minimum atomic E-state index is -0.230. The second kappa shape index (κ2) is 6.26. The molecule has 0 unspecified atom stereocenters. The molecular weight excluding hydrogens is 269 g/mol. The first-order valence-electron chi connectivity index (χ1n) is 7.34. The summed E-state index contributed by atoms with van der Waals surface area (Å²) in [5.74, 6) is 1.48. The summed E-state index contributed by atoms with van der Waals surface area (Å²) in [5.41, 5.74) is 1.16. The van der Waals surface area contributed by atoms with E-state index in [1.54, 1.807) is 12.1 Å². The number of ether oxygens (including phenoxy) is 1. The largest absolute Gasteiger partial charge is 0.490 e. The highest BCUT2D eigenvalue weighted by Gasteiger charge is 2.21. The van der Waals surface area contributed by atoms with Crippen molar-refractivity contribution in [2.75, 3.05) is 13.1 Å². The summed E-state index contributed by atoms with van der Waals surface area (Å²) in [7, 11) is 0. The Balaban J connectivity index is 1.47. The molecule has 0 aliphatic carbocycles. The number of nitrogens with zero attached hydrogens (tertiary/aromatic N) is 2. The quantitative estimate of drug-likeness (QED) is 0.941. The maximum atomic E-state index is 12.9. The minimum absolute atomic E-state index is 0.218. The molecule has 2 aromatic rings. The van der Waals surface area contributed by atoms with E-state index in [4.69, 9.17) is 4.74 Å². The topological polar surface area (TPSA) is 41.2 Å². The molecule has 1 N–H and O–H groups in total. The van der Waals surface area contributed by atoms with Gasteiger partial charge < -0.3 is 9.72 Å². The monoisotopic (exact) mass is 289 g/mol. The molecule has 1 aromatic carbocycles. The highest BCUT2D eigenvalue weighted by molar-refractivity contribution is 5.22. The van der Waals surface area contributed by atoms with E-state index in [1.807, 2.05) is 13.1 Å². The molecule has 0 atom stereocenters. The van der Waals surface area contributed by atoms with Crippen molar-refractivity contribution < 1.29 is 9.13 Å². The third-order valence-corrected chi connectivity index (χ3v) is 3.80. The Morgan fingerprint density at radius 3 is 2.62 bits per heavy atom. The van der Waals surface area contributed by atoms with E-state index >= 15 is 0 Å². The van der Waals surface area contributed by atoms with Crippen LogP contribution in [0.5, 0.6) is 5.75 Å². The van der Waals surface area contributed by atoms with E-state index in [0.717, 1.165) is 49.7 Å². The molecule has 3 rings (SSSR count). The van der Waals surface area contributed by atoms with Crippen LogP contribution >= 0.6 is 0 Å². The van der Waals surface area contributed by atoms with Gasteiger partial charge in [-0.2, -0.15) is 0 Å². The lowest BCUT2D eigenvalue weighted by Crippen LogP contribution is -2.37. The van der Waals surface area contributed by atoms with Gasteiger partial charge in [-0.1, -0.05) is 0 Å². The average molecular weight is 289 g/mol. The first-order chi connectivity index (χ1) is 10.2. The van der Waals surface area contributed by atoms with Crippen molar-refractivity contribution >= 4 is 0 Å². The fourth-order valence-electron chi connectivity index (χ4n) is 2.68. The molecule has 1 aliphatic rings. The van der Waals surface area contributed by atoms with E-state index in [2.05, 4.69) is 14.9 Å². The van der Waals surface area contributed by atoms with Gasteiger partial charge in [0.2, 0.25) is 0 Å². The van der Waals surface area contributed by atoms with Crippen LogP contribution in [0.3, 0.4) is 0 Å². The highest BCUT2D eigenvalue weighted by atomic mass is 19.1. The normalized spacial score (nSPS) is 17.0. The van der Waals surface area contributed by atoms with Crippen LogP contribution in [0.2, 0.25) is 0 Å². The SMILES string of the molecule is Cc1ncc(CN2CCC(Oc3ccc(F)cc3)CC2)[nH]1. The minimum Gasteiger partial charge on any atom is -0.490 e. The maximum absolute atomic E-state index is 12.9. The van der Waals surface area contributed by atoms with Crippen molar-refractivity contribution in [1.29, 1.82) is 0 Å². The van der Waals surface area contributed by atoms with E-state index in [9.17, 15) is 4.39 Å². The lowest BCUT2D eigenvalue weighted by molar-refractivity contribution is 0.0961. The zero-order chi connectivity index (χ0) is 14.7. The molecule has 21 heavy (non-hydrogen) atoms. The Labute approximate surface area is 124 Å². The van der Waals surface area contributed by atoms with E-state index < -0.39 is 0 Å². The highest BCUT2D eigenvalue weighted by Crippen LogP contribution is 2.20. The molecule has 0 spiro atoms. The van der Waals surface area contributed by atoms with Crippen molar-refractivity contribution in [3.8, 4) is 5.75 Å². The van der Waals surface area contributed by atoms with Crippen molar-refractivity contribution in [1.82, 2.24) is 14.9 Å². The molecule has 0 bridgehead atoms. The number of hydrogen-bond acceptors (Lipinski definition) is 3. The Bertz CT molecular complexity index is 573. The van der Waals surface area contributed by atoms with Gasteiger partial charge in [0.15, 0.2) is 0 Å². The number of rotatable bonds is 4. The second-order valence-corrected chi connectivity index (χ2v) is 5.54. The number of aromatic amines is 1. The molecule has 0 saturated carbocycles. The van der Waals surface area contributed by atoms with Gasteiger partial charge in [0.1, 0.15) is 23.5 Å². The third kappa shape index (κ3) is 3.82.